The highest BCUT2D eigenvalue weighted by molar-refractivity contribution is 4.74. The van der Waals surface area contributed by atoms with Gasteiger partial charge in [-0.05, 0) is 6.92 Å². The number of hydrogen-bond donors (Lipinski definition) is 2. The highest BCUT2D eigenvalue weighted by atomic mass is 15.0. The zero-order chi connectivity index (χ0) is 8.81. The topological polar surface area (TPSA) is 55.9 Å². The van der Waals surface area contributed by atoms with Gasteiger partial charge in [-0.1, -0.05) is 0 Å². The SMILES string of the molecule is CC(CN)NCCn1ccnc1. The van der Waals surface area contributed by atoms with Gasteiger partial charge in [0.15, 0.2) is 0 Å². The van der Waals surface area contributed by atoms with Gasteiger partial charge >= 0.3 is 0 Å². The molecule has 0 aliphatic rings. The van der Waals surface area contributed by atoms with Crippen molar-refractivity contribution in [1.29, 1.82) is 0 Å². The van der Waals surface area contributed by atoms with Crippen LogP contribution in [0.15, 0.2) is 18.7 Å². The normalized spacial score (nSPS) is 13.2. The molecule has 1 aromatic heterocycles. The maximum atomic E-state index is 5.45. The summed E-state index contributed by atoms with van der Waals surface area (Å²) in [7, 11) is 0. The minimum absolute atomic E-state index is 0.397. The minimum Gasteiger partial charge on any atom is -0.336 e. The first kappa shape index (κ1) is 9.22. The molecule has 12 heavy (non-hydrogen) atoms. The molecule has 68 valence electrons. The van der Waals surface area contributed by atoms with E-state index in [4.69, 9.17) is 5.73 Å². The van der Waals surface area contributed by atoms with Gasteiger partial charge in [0, 0.05) is 38.1 Å². The van der Waals surface area contributed by atoms with E-state index in [1.807, 2.05) is 17.1 Å². The molecule has 1 unspecified atom stereocenters. The lowest BCUT2D eigenvalue weighted by molar-refractivity contribution is 0.520. The Labute approximate surface area is 72.8 Å². The lowest BCUT2D eigenvalue weighted by Gasteiger charge is -2.10. The van der Waals surface area contributed by atoms with E-state index in [-0.39, 0.29) is 0 Å². The smallest absolute Gasteiger partial charge is 0.0946 e. The summed E-state index contributed by atoms with van der Waals surface area (Å²) in [6.45, 7) is 4.65. The van der Waals surface area contributed by atoms with E-state index in [0.29, 0.717) is 12.6 Å². The third kappa shape index (κ3) is 3.02. The molecule has 1 aromatic rings. The molecule has 0 aromatic carbocycles. The molecule has 4 heteroatoms. The molecule has 0 amide bonds. The average molecular weight is 168 g/mol. The fourth-order valence-corrected chi connectivity index (χ4v) is 0.942. The number of rotatable bonds is 5. The van der Waals surface area contributed by atoms with Crippen LogP contribution in [0.25, 0.3) is 0 Å². The lowest BCUT2D eigenvalue weighted by Crippen LogP contribution is -2.35. The molecular weight excluding hydrogens is 152 g/mol. The first-order valence-corrected chi connectivity index (χ1v) is 4.22. The summed E-state index contributed by atoms with van der Waals surface area (Å²) in [5.74, 6) is 0. The third-order valence-corrected chi connectivity index (χ3v) is 1.78. The largest absolute Gasteiger partial charge is 0.336 e. The van der Waals surface area contributed by atoms with Crippen LogP contribution in [-0.2, 0) is 6.54 Å². The summed E-state index contributed by atoms with van der Waals surface area (Å²) in [5.41, 5.74) is 5.45. The Morgan fingerprint density at radius 1 is 1.67 bits per heavy atom. The maximum Gasteiger partial charge on any atom is 0.0946 e. The number of hydrogen-bond acceptors (Lipinski definition) is 3. The summed E-state index contributed by atoms with van der Waals surface area (Å²) in [5, 5.41) is 3.30. The van der Waals surface area contributed by atoms with Crippen LogP contribution in [0.3, 0.4) is 0 Å². The monoisotopic (exact) mass is 168 g/mol. The van der Waals surface area contributed by atoms with Crippen LogP contribution in [0.1, 0.15) is 6.92 Å². The Morgan fingerprint density at radius 3 is 3.08 bits per heavy atom. The van der Waals surface area contributed by atoms with Gasteiger partial charge in [0.25, 0.3) is 0 Å². The first-order valence-electron chi connectivity index (χ1n) is 4.22. The number of nitrogens with one attached hydrogen (secondary N) is 1. The van der Waals surface area contributed by atoms with E-state index in [1.165, 1.54) is 0 Å². The van der Waals surface area contributed by atoms with Crippen molar-refractivity contribution in [2.24, 2.45) is 5.73 Å². The van der Waals surface area contributed by atoms with E-state index in [2.05, 4.69) is 17.2 Å². The molecule has 1 atom stereocenters. The summed E-state index contributed by atoms with van der Waals surface area (Å²) >= 11 is 0. The predicted molar refractivity (Wildman–Crippen MR) is 48.7 cm³/mol. The van der Waals surface area contributed by atoms with Gasteiger partial charge in [-0.15, -0.1) is 0 Å². The number of nitrogens with two attached hydrogens (primary N) is 1. The van der Waals surface area contributed by atoms with Crippen LogP contribution >= 0.6 is 0 Å². The van der Waals surface area contributed by atoms with E-state index in [0.717, 1.165) is 13.1 Å². The molecule has 0 bridgehead atoms. The molecule has 0 fully saturated rings. The molecular formula is C8H16N4. The van der Waals surface area contributed by atoms with E-state index in [1.54, 1.807) is 6.20 Å². The second kappa shape index (κ2) is 4.90. The lowest BCUT2D eigenvalue weighted by atomic mass is 10.3. The van der Waals surface area contributed by atoms with Crippen LogP contribution in [0.5, 0.6) is 0 Å². The molecule has 3 N–H and O–H groups in total. The molecule has 0 radical (unpaired) electrons. The Balaban J connectivity index is 2.11. The van der Waals surface area contributed by atoms with Crippen LogP contribution < -0.4 is 11.1 Å². The van der Waals surface area contributed by atoms with Crippen molar-refractivity contribution in [3.05, 3.63) is 18.7 Å². The van der Waals surface area contributed by atoms with Gasteiger partial charge in [-0.25, -0.2) is 4.98 Å². The summed E-state index contributed by atoms with van der Waals surface area (Å²) < 4.78 is 2.04. The van der Waals surface area contributed by atoms with Crippen molar-refractivity contribution in [2.75, 3.05) is 13.1 Å². The highest BCUT2D eigenvalue weighted by Crippen LogP contribution is 1.84. The second-order valence-corrected chi connectivity index (χ2v) is 2.89. The van der Waals surface area contributed by atoms with E-state index >= 15 is 0 Å². The van der Waals surface area contributed by atoms with Gasteiger partial charge in [0.2, 0.25) is 0 Å². The van der Waals surface area contributed by atoms with Gasteiger partial charge in [-0.3, -0.25) is 0 Å². The molecule has 1 heterocycles. The van der Waals surface area contributed by atoms with Crippen molar-refractivity contribution in [1.82, 2.24) is 14.9 Å². The van der Waals surface area contributed by atoms with E-state index < -0.39 is 0 Å². The Kier molecular flexibility index (Phi) is 3.76. The molecule has 0 saturated heterocycles. The van der Waals surface area contributed by atoms with Gasteiger partial charge in [-0.2, -0.15) is 0 Å². The Hall–Kier alpha value is -0.870. The third-order valence-electron chi connectivity index (χ3n) is 1.78. The number of imidazole rings is 1. The van der Waals surface area contributed by atoms with Crippen LogP contribution in [0.4, 0.5) is 0 Å². The maximum absolute atomic E-state index is 5.45. The summed E-state index contributed by atoms with van der Waals surface area (Å²) in [6.07, 6.45) is 5.55. The zero-order valence-corrected chi connectivity index (χ0v) is 7.40. The molecule has 1 rings (SSSR count). The number of aromatic nitrogens is 2. The van der Waals surface area contributed by atoms with E-state index in [9.17, 15) is 0 Å². The fraction of sp³-hybridized carbons (Fsp3) is 0.625. The Morgan fingerprint density at radius 2 is 2.50 bits per heavy atom. The molecule has 0 aliphatic carbocycles. The van der Waals surface area contributed by atoms with Crippen LogP contribution in [-0.4, -0.2) is 28.7 Å². The fourth-order valence-electron chi connectivity index (χ4n) is 0.942. The highest BCUT2D eigenvalue weighted by Gasteiger charge is 1.95. The van der Waals surface area contributed by atoms with Crippen LogP contribution in [0, 0.1) is 0 Å². The first-order chi connectivity index (χ1) is 5.83. The van der Waals surface area contributed by atoms with Gasteiger partial charge < -0.3 is 15.6 Å². The second-order valence-electron chi connectivity index (χ2n) is 2.89. The predicted octanol–water partition coefficient (Wildman–Crippen LogP) is -0.180. The molecule has 0 saturated carbocycles. The summed E-state index contributed by atoms with van der Waals surface area (Å²) in [6, 6.07) is 0.397. The van der Waals surface area contributed by atoms with Crippen molar-refractivity contribution in [3.8, 4) is 0 Å². The molecule has 4 nitrogen and oxygen atoms in total. The molecule has 0 aliphatic heterocycles. The molecule has 0 spiro atoms. The van der Waals surface area contributed by atoms with Crippen molar-refractivity contribution < 1.29 is 0 Å². The summed E-state index contributed by atoms with van der Waals surface area (Å²) in [4.78, 5) is 3.95. The standard InChI is InChI=1S/C8H16N4/c1-8(6-9)11-3-5-12-4-2-10-7-12/h2,4,7-8,11H,3,5-6,9H2,1H3. The van der Waals surface area contributed by atoms with Crippen LogP contribution in [0.2, 0.25) is 0 Å². The van der Waals surface area contributed by atoms with Crippen molar-refractivity contribution in [2.45, 2.75) is 19.5 Å². The zero-order valence-electron chi connectivity index (χ0n) is 7.40. The average Bonchev–Trinajstić information content (AvgIpc) is 2.57. The number of nitrogens with zero attached hydrogens (tertiary/aromatic N) is 2. The quantitative estimate of drug-likeness (QED) is 0.641. The van der Waals surface area contributed by atoms with Gasteiger partial charge in [0.05, 0.1) is 6.33 Å². The minimum atomic E-state index is 0.397. The van der Waals surface area contributed by atoms with Gasteiger partial charge in [0.1, 0.15) is 0 Å². The Bertz CT molecular complexity index is 195. The van der Waals surface area contributed by atoms with Crippen molar-refractivity contribution >= 4 is 0 Å². The van der Waals surface area contributed by atoms with Crippen molar-refractivity contribution in [3.63, 3.8) is 0 Å².